The maximum atomic E-state index is 12.2. The van der Waals surface area contributed by atoms with Crippen molar-refractivity contribution in [1.82, 2.24) is 9.88 Å². The molecule has 2 aromatic rings. The quantitative estimate of drug-likeness (QED) is 0.854. The average molecular weight is 287 g/mol. The summed E-state index contributed by atoms with van der Waals surface area (Å²) in [6, 6.07) is 9.50. The van der Waals surface area contributed by atoms with Crippen molar-refractivity contribution in [2.24, 2.45) is 0 Å². The highest BCUT2D eigenvalue weighted by Crippen LogP contribution is 2.17. The number of carbonyl (C=O) groups is 1. The van der Waals surface area contributed by atoms with Gasteiger partial charge in [0.05, 0.1) is 12.8 Å². The van der Waals surface area contributed by atoms with Crippen molar-refractivity contribution >= 4 is 11.6 Å². The van der Waals surface area contributed by atoms with Crippen LogP contribution in [0.2, 0.25) is 0 Å². The number of para-hydroxylation sites is 1. The number of nitrogens with two attached hydrogens (primary N) is 1. The highest BCUT2D eigenvalue weighted by molar-refractivity contribution is 5.93. The Kier molecular flexibility index (Phi) is 4.87. The molecule has 0 aliphatic rings. The highest BCUT2D eigenvalue weighted by Gasteiger charge is 2.11. The molecular formula is C16H21N3O2. The number of ether oxygens (including phenoxy) is 1. The summed E-state index contributed by atoms with van der Waals surface area (Å²) in [6.07, 6.45) is 2.49. The van der Waals surface area contributed by atoms with Crippen LogP contribution in [0.1, 0.15) is 23.0 Å². The normalized spacial score (nSPS) is 10.4. The molecule has 5 nitrogen and oxygen atoms in total. The van der Waals surface area contributed by atoms with Gasteiger partial charge in [0, 0.05) is 19.3 Å². The first-order valence-corrected chi connectivity index (χ1v) is 7.01. The Morgan fingerprint density at radius 1 is 1.38 bits per heavy atom. The zero-order valence-corrected chi connectivity index (χ0v) is 12.4. The summed E-state index contributed by atoms with van der Waals surface area (Å²) >= 11 is 0. The zero-order chi connectivity index (χ0) is 15.2. The van der Waals surface area contributed by atoms with Crippen LogP contribution in [0.15, 0.2) is 36.5 Å². The molecule has 0 radical (unpaired) electrons. The lowest BCUT2D eigenvalue weighted by atomic mass is 10.1. The van der Waals surface area contributed by atoms with Crippen molar-refractivity contribution in [3.05, 3.63) is 47.8 Å². The third-order valence-corrected chi connectivity index (χ3v) is 3.36. The van der Waals surface area contributed by atoms with Gasteiger partial charge in [0.15, 0.2) is 0 Å². The summed E-state index contributed by atoms with van der Waals surface area (Å²) in [7, 11) is 1.65. The molecular weight excluding hydrogens is 266 g/mol. The van der Waals surface area contributed by atoms with Crippen LogP contribution in [0.3, 0.4) is 0 Å². The van der Waals surface area contributed by atoms with Crippen LogP contribution in [0.25, 0.3) is 0 Å². The van der Waals surface area contributed by atoms with Crippen LogP contribution in [0, 0.1) is 0 Å². The van der Waals surface area contributed by atoms with Gasteiger partial charge in [0.2, 0.25) is 0 Å². The molecule has 1 aromatic carbocycles. The number of aromatic nitrogens is 1. The number of carbonyl (C=O) groups excluding carboxylic acids is 1. The Morgan fingerprint density at radius 3 is 2.86 bits per heavy atom. The molecule has 2 rings (SSSR count). The number of nitrogens with one attached hydrogen (secondary N) is 1. The van der Waals surface area contributed by atoms with Gasteiger partial charge < -0.3 is 20.4 Å². The lowest BCUT2D eigenvalue weighted by Crippen LogP contribution is -2.27. The number of methoxy groups -OCH3 is 1. The summed E-state index contributed by atoms with van der Waals surface area (Å²) in [5.74, 6) is 0.733. The van der Waals surface area contributed by atoms with Crippen molar-refractivity contribution in [2.45, 2.75) is 19.9 Å². The van der Waals surface area contributed by atoms with Gasteiger partial charge in [-0.25, -0.2) is 0 Å². The minimum Gasteiger partial charge on any atom is -0.496 e. The summed E-state index contributed by atoms with van der Waals surface area (Å²) in [4.78, 5) is 12.2. The van der Waals surface area contributed by atoms with E-state index in [0.717, 1.165) is 17.7 Å². The average Bonchev–Trinajstić information content (AvgIpc) is 2.89. The topological polar surface area (TPSA) is 69.3 Å². The largest absolute Gasteiger partial charge is 0.496 e. The molecule has 5 heteroatoms. The van der Waals surface area contributed by atoms with E-state index in [0.29, 0.717) is 24.5 Å². The van der Waals surface area contributed by atoms with Crippen LogP contribution in [-0.2, 0) is 13.0 Å². The van der Waals surface area contributed by atoms with Crippen molar-refractivity contribution in [3.8, 4) is 5.75 Å². The first-order valence-electron chi connectivity index (χ1n) is 7.01. The first-order chi connectivity index (χ1) is 10.2. The number of nitrogen functional groups attached to an aromatic ring is 1. The predicted octanol–water partition coefficient (Wildman–Crippen LogP) is 2.07. The monoisotopic (exact) mass is 287 g/mol. The van der Waals surface area contributed by atoms with E-state index in [2.05, 4.69) is 5.32 Å². The number of aryl methyl sites for hydroxylation is 1. The van der Waals surface area contributed by atoms with Crippen LogP contribution in [0.4, 0.5) is 5.69 Å². The van der Waals surface area contributed by atoms with Gasteiger partial charge in [0.1, 0.15) is 11.4 Å². The molecule has 1 heterocycles. The highest BCUT2D eigenvalue weighted by atomic mass is 16.5. The van der Waals surface area contributed by atoms with Crippen LogP contribution in [0.5, 0.6) is 5.75 Å². The number of hydrogen-bond acceptors (Lipinski definition) is 3. The Hall–Kier alpha value is -2.43. The van der Waals surface area contributed by atoms with E-state index in [1.54, 1.807) is 19.4 Å². The maximum absolute atomic E-state index is 12.2. The summed E-state index contributed by atoms with van der Waals surface area (Å²) in [5, 5.41) is 2.92. The Morgan fingerprint density at radius 2 is 2.14 bits per heavy atom. The number of amides is 1. The van der Waals surface area contributed by atoms with E-state index in [1.807, 2.05) is 35.8 Å². The summed E-state index contributed by atoms with van der Waals surface area (Å²) in [5.41, 5.74) is 8.00. The lowest BCUT2D eigenvalue weighted by Gasteiger charge is -2.10. The zero-order valence-electron chi connectivity index (χ0n) is 12.4. The molecule has 112 valence electrons. The molecule has 0 saturated carbocycles. The molecule has 0 unspecified atom stereocenters. The van der Waals surface area contributed by atoms with Crippen molar-refractivity contribution in [3.63, 3.8) is 0 Å². The molecule has 0 aliphatic heterocycles. The lowest BCUT2D eigenvalue weighted by molar-refractivity contribution is 0.0945. The smallest absolute Gasteiger partial charge is 0.267 e. The van der Waals surface area contributed by atoms with Gasteiger partial charge >= 0.3 is 0 Å². The molecule has 1 aromatic heterocycles. The molecule has 0 saturated heterocycles. The Balaban J connectivity index is 1.95. The van der Waals surface area contributed by atoms with Gasteiger partial charge in [-0.05, 0) is 31.0 Å². The number of nitrogens with zero attached hydrogens (tertiary/aromatic N) is 1. The van der Waals surface area contributed by atoms with E-state index in [1.165, 1.54) is 0 Å². The van der Waals surface area contributed by atoms with Crippen LogP contribution in [-0.4, -0.2) is 24.1 Å². The van der Waals surface area contributed by atoms with Crippen molar-refractivity contribution < 1.29 is 9.53 Å². The van der Waals surface area contributed by atoms with Gasteiger partial charge in [-0.3, -0.25) is 4.79 Å². The van der Waals surface area contributed by atoms with E-state index >= 15 is 0 Å². The minimum atomic E-state index is -0.108. The van der Waals surface area contributed by atoms with Gasteiger partial charge in [0.25, 0.3) is 5.91 Å². The second-order valence-corrected chi connectivity index (χ2v) is 4.76. The van der Waals surface area contributed by atoms with Crippen LogP contribution >= 0.6 is 0 Å². The summed E-state index contributed by atoms with van der Waals surface area (Å²) < 4.78 is 7.14. The third-order valence-electron chi connectivity index (χ3n) is 3.36. The Bertz CT molecular complexity index is 620. The molecule has 3 N–H and O–H groups in total. The molecule has 0 spiro atoms. The van der Waals surface area contributed by atoms with Crippen LogP contribution < -0.4 is 15.8 Å². The predicted molar refractivity (Wildman–Crippen MR) is 83.5 cm³/mol. The fourth-order valence-electron chi connectivity index (χ4n) is 2.30. The fraction of sp³-hybridized carbons (Fsp3) is 0.312. The molecule has 21 heavy (non-hydrogen) atoms. The maximum Gasteiger partial charge on any atom is 0.267 e. The van der Waals surface area contributed by atoms with Crippen molar-refractivity contribution in [2.75, 3.05) is 19.4 Å². The second-order valence-electron chi connectivity index (χ2n) is 4.76. The first kappa shape index (κ1) is 15.0. The molecule has 0 atom stereocenters. The van der Waals surface area contributed by atoms with Gasteiger partial charge in [-0.1, -0.05) is 18.2 Å². The van der Waals surface area contributed by atoms with E-state index in [4.69, 9.17) is 10.5 Å². The standard InChI is InChI=1S/C16H21N3O2/c1-3-19-11-13(17)10-14(19)16(20)18-9-8-12-6-4-5-7-15(12)21-2/h4-7,10-11H,3,8-9,17H2,1-2H3,(H,18,20). The van der Waals surface area contributed by atoms with Gasteiger partial charge in [-0.2, -0.15) is 0 Å². The van der Waals surface area contributed by atoms with E-state index in [-0.39, 0.29) is 5.91 Å². The van der Waals surface area contributed by atoms with Gasteiger partial charge in [-0.15, -0.1) is 0 Å². The fourth-order valence-corrected chi connectivity index (χ4v) is 2.30. The minimum absolute atomic E-state index is 0.108. The van der Waals surface area contributed by atoms with E-state index in [9.17, 15) is 4.79 Å². The molecule has 0 aliphatic carbocycles. The molecule has 1 amide bonds. The SMILES string of the molecule is CCn1cc(N)cc1C(=O)NCCc1ccccc1OC. The van der Waals surface area contributed by atoms with E-state index < -0.39 is 0 Å². The summed E-state index contributed by atoms with van der Waals surface area (Å²) in [6.45, 7) is 3.24. The second kappa shape index (κ2) is 6.83. The third kappa shape index (κ3) is 3.56. The Labute approximate surface area is 124 Å². The number of rotatable bonds is 6. The molecule has 0 fully saturated rings. The number of benzene rings is 1. The number of anilines is 1. The van der Waals surface area contributed by atoms with Crippen molar-refractivity contribution in [1.29, 1.82) is 0 Å². The number of hydrogen-bond donors (Lipinski definition) is 2. The molecule has 0 bridgehead atoms.